The maximum absolute atomic E-state index is 11.9. The Morgan fingerprint density at radius 2 is 2.17 bits per heavy atom. The lowest BCUT2D eigenvalue weighted by atomic mass is 10.1. The number of likely N-dealkylation sites (tertiary alicyclic amines) is 1. The number of piperidine rings is 1. The molecule has 1 fully saturated rings. The molecule has 5 nitrogen and oxygen atoms in total. The van der Waals surface area contributed by atoms with Crippen molar-refractivity contribution in [2.45, 2.75) is 19.3 Å². The molecule has 5 heteroatoms. The van der Waals surface area contributed by atoms with E-state index in [-0.39, 0.29) is 12.5 Å². The highest BCUT2D eigenvalue weighted by molar-refractivity contribution is 5.80. The number of nitrogens with one attached hydrogen (secondary N) is 1. The number of nitrogens with zero attached hydrogens (tertiary/aromatic N) is 3. The van der Waals surface area contributed by atoms with Crippen molar-refractivity contribution in [2.24, 2.45) is 0 Å². The van der Waals surface area contributed by atoms with E-state index in [4.69, 9.17) is 5.26 Å². The van der Waals surface area contributed by atoms with E-state index in [9.17, 15) is 4.79 Å². The van der Waals surface area contributed by atoms with Crippen LogP contribution in [0, 0.1) is 11.3 Å². The Hall–Kier alpha value is -2.09. The summed E-state index contributed by atoms with van der Waals surface area (Å²) in [5.74, 6) is 0.736. The van der Waals surface area contributed by atoms with E-state index >= 15 is 0 Å². The Balaban J connectivity index is 1.83. The number of anilines is 1. The number of hydrogen-bond acceptors (Lipinski definition) is 4. The zero-order valence-electron chi connectivity index (χ0n) is 10.2. The van der Waals surface area contributed by atoms with Crippen LogP contribution < -0.4 is 5.32 Å². The van der Waals surface area contributed by atoms with Crippen molar-refractivity contribution in [2.75, 3.05) is 25.0 Å². The largest absolute Gasteiger partial charge is 0.361 e. The molecule has 0 aliphatic carbocycles. The van der Waals surface area contributed by atoms with Gasteiger partial charge in [0.2, 0.25) is 5.91 Å². The smallest absolute Gasteiger partial charge is 0.241 e. The highest BCUT2D eigenvalue weighted by Crippen LogP contribution is 2.09. The van der Waals surface area contributed by atoms with E-state index in [1.54, 1.807) is 12.1 Å². The fourth-order valence-electron chi connectivity index (χ4n) is 1.99. The lowest BCUT2D eigenvalue weighted by molar-refractivity contribution is -0.130. The number of carbonyl (C=O) groups excluding carboxylic acids is 1. The summed E-state index contributed by atoms with van der Waals surface area (Å²) in [4.78, 5) is 17.8. The summed E-state index contributed by atoms with van der Waals surface area (Å²) in [5.41, 5.74) is 0.517. The molecule has 0 saturated carbocycles. The van der Waals surface area contributed by atoms with Gasteiger partial charge in [0.1, 0.15) is 11.9 Å². The number of pyridine rings is 1. The molecule has 1 aliphatic heterocycles. The topological polar surface area (TPSA) is 69.0 Å². The molecule has 1 aromatic rings. The van der Waals surface area contributed by atoms with E-state index in [0.717, 1.165) is 25.9 Å². The summed E-state index contributed by atoms with van der Waals surface area (Å²) in [6.07, 6.45) is 4.91. The first-order valence-electron chi connectivity index (χ1n) is 6.17. The first-order valence-corrected chi connectivity index (χ1v) is 6.17. The molecule has 1 aromatic heterocycles. The monoisotopic (exact) mass is 244 g/mol. The van der Waals surface area contributed by atoms with Crippen LogP contribution in [-0.4, -0.2) is 35.4 Å². The van der Waals surface area contributed by atoms with Crippen LogP contribution in [0.3, 0.4) is 0 Å². The molecule has 1 saturated heterocycles. The maximum atomic E-state index is 11.9. The predicted octanol–water partition coefficient (Wildman–Crippen LogP) is 1.38. The molecule has 2 rings (SSSR count). The average molecular weight is 244 g/mol. The van der Waals surface area contributed by atoms with Crippen molar-refractivity contribution in [3.05, 3.63) is 23.9 Å². The number of hydrogen-bond donors (Lipinski definition) is 1. The Bertz CT molecular complexity index is 443. The average Bonchev–Trinajstić information content (AvgIpc) is 2.46. The molecule has 0 bridgehead atoms. The van der Waals surface area contributed by atoms with Gasteiger partial charge in [-0.15, -0.1) is 0 Å². The zero-order valence-corrected chi connectivity index (χ0v) is 10.2. The van der Waals surface area contributed by atoms with Gasteiger partial charge in [0.15, 0.2) is 0 Å². The van der Waals surface area contributed by atoms with Crippen molar-refractivity contribution in [3.8, 4) is 6.07 Å². The lowest BCUT2D eigenvalue weighted by Crippen LogP contribution is -2.39. The number of carbonyl (C=O) groups is 1. The van der Waals surface area contributed by atoms with Gasteiger partial charge in [0, 0.05) is 19.3 Å². The van der Waals surface area contributed by atoms with Gasteiger partial charge in [-0.2, -0.15) is 5.26 Å². The number of rotatable bonds is 3. The molecule has 94 valence electrons. The van der Waals surface area contributed by atoms with E-state index in [1.165, 1.54) is 12.6 Å². The molecule has 18 heavy (non-hydrogen) atoms. The van der Waals surface area contributed by atoms with Crippen molar-refractivity contribution < 1.29 is 4.79 Å². The SMILES string of the molecule is N#Cc1ccc(NCC(=O)N2CCCCC2)nc1. The van der Waals surface area contributed by atoms with Crippen molar-refractivity contribution in [1.29, 1.82) is 5.26 Å². The molecule has 0 atom stereocenters. The van der Waals surface area contributed by atoms with Gasteiger partial charge < -0.3 is 10.2 Å². The van der Waals surface area contributed by atoms with Crippen LogP contribution in [-0.2, 0) is 4.79 Å². The van der Waals surface area contributed by atoms with Crippen molar-refractivity contribution >= 4 is 11.7 Å². The Morgan fingerprint density at radius 1 is 1.39 bits per heavy atom. The van der Waals surface area contributed by atoms with Crippen molar-refractivity contribution in [3.63, 3.8) is 0 Å². The molecular weight excluding hydrogens is 228 g/mol. The normalized spacial score (nSPS) is 14.9. The van der Waals surface area contributed by atoms with Gasteiger partial charge in [-0.1, -0.05) is 0 Å². The Morgan fingerprint density at radius 3 is 2.78 bits per heavy atom. The van der Waals surface area contributed by atoms with E-state index in [1.807, 2.05) is 11.0 Å². The minimum atomic E-state index is 0.112. The van der Waals surface area contributed by atoms with Crippen LogP contribution in [0.2, 0.25) is 0 Å². The zero-order chi connectivity index (χ0) is 12.8. The van der Waals surface area contributed by atoms with Gasteiger partial charge in [0.25, 0.3) is 0 Å². The second-order valence-electron chi connectivity index (χ2n) is 4.34. The lowest BCUT2D eigenvalue weighted by Gasteiger charge is -2.26. The summed E-state index contributed by atoms with van der Waals surface area (Å²) >= 11 is 0. The van der Waals surface area contributed by atoms with Gasteiger partial charge in [-0.05, 0) is 31.4 Å². The number of nitriles is 1. The summed E-state index contributed by atoms with van der Waals surface area (Å²) in [6, 6.07) is 5.40. The second kappa shape index (κ2) is 6.01. The van der Waals surface area contributed by atoms with Gasteiger partial charge in [-0.25, -0.2) is 4.98 Å². The Labute approximate surface area is 106 Å². The van der Waals surface area contributed by atoms with Crippen LogP contribution in [0.1, 0.15) is 24.8 Å². The summed E-state index contributed by atoms with van der Waals surface area (Å²) in [5, 5.41) is 11.6. The molecular formula is C13H16N4O. The standard InChI is InChI=1S/C13H16N4O/c14-8-11-4-5-12(15-9-11)16-10-13(18)17-6-2-1-3-7-17/h4-5,9H,1-3,6-7,10H2,(H,15,16). The van der Waals surface area contributed by atoms with Gasteiger partial charge in [-0.3, -0.25) is 4.79 Å². The minimum absolute atomic E-state index is 0.112. The summed E-state index contributed by atoms with van der Waals surface area (Å²) in [6.45, 7) is 1.99. The van der Waals surface area contributed by atoms with Crippen LogP contribution in [0.15, 0.2) is 18.3 Å². The van der Waals surface area contributed by atoms with E-state index < -0.39 is 0 Å². The highest BCUT2D eigenvalue weighted by Gasteiger charge is 2.15. The first kappa shape index (κ1) is 12.4. The fraction of sp³-hybridized carbons (Fsp3) is 0.462. The van der Waals surface area contributed by atoms with Crippen LogP contribution in [0.5, 0.6) is 0 Å². The summed E-state index contributed by atoms with van der Waals surface area (Å²) < 4.78 is 0. The number of amides is 1. The van der Waals surface area contributed by atoms with Crippen LogP contribution in [0.25, 0.3) is 0 Å². The fourth-order valence-corrected chi connectivity index (χ4v) is 1.99. The van der Waals surface area contributed by atoms with Crippen LogP contribution in [0.4, 0.5) is 5.82 Å². The van der Waals surface area contributed by atoms with Gasteiger partial charge in [0.05, 0.1) is 12.1 Å². The third kappa shape index (κ3) is 3.20. The number of aromatic nitrogens is 1. The highest BCUT2D eigenvalue weighted by atomic mass is 16.2. The molecule has 1 N–H and O–H groups in total. The second-order valence-corrected chi connectivity index (χ2v) is 4.34. The summed E-state index contributed by atoms with van der Waals surface area (Å²) in [7, 11) is 0. The minimum Gasteiger partial charge on any atom is -0.361 e. The molecule has 0 radical (unpaired) electrons. The first-order chi connectivity index (χ1) is 8.79. The molecule has 1 aliphatic rings. The molecule has 0 spiro atoms. The molecule has 2 heterocycles. The van der Waals surface area contributed by atoms with E-state index in [2.05, 4.69) is 10.3 Å². The third-order valence-corrected chi connectivity index (χ3v) is 3.02. The Kier molecular flexibility index (Phi) is 4.13. The predicted molar refractivity (Wildman–Crippen MR) is 67.9 cm³/mol. The molecule has 1 amide bonds. The quantitative estimate of drug-likeness (QED) is 0.872. The van der Waals surface area contributed by atoms with Crippen molar-refractivity contribution in [1.82, 2.24) is 9.88 Å². The molecule has 0 unspecified atom stereocenters. The van der Waals surface area contributed by atoms with Gasteiger partial charge >= 0.3 is 0 Å². The van der Waals surface area contributed by atoms with E-state index in [0.29, 0.717) is 11.4 Å². The molecule has 0 aromatic carbocycles. The van der Waals surface area contributed by atoms with Crippen LogP contribution >= 0.6 is 0 Å². The third-order valence-electron chi connectivity index (χ3n) is 3.02. The maximum Gasteiger partial charge on any atom is 0.241 e.